The lowest BCUT2D eigenvalue weighted by Crippen LogP contribution is -2.45. The van der Waals surface area contributed by atoms with Crippen molar-refractivity contribution in [3.63, 3.8) is 0 Å². The smallest absolute Gasteiger partial charge is 0.337 e. The van der Waals surface area contributed by atoms with E-state index in [1.807, 2.05) is 31.2 Å². The Kier molecular flexibility index (Phi) is 7.10. The molecule has 3 amide bonds. The standard InChI is InChI=1S/C27H23N3O7/c1-17-3-5-18(6-4-17)16-28(25(32)19-7-13-22(14-8-19)30(35)36)23-15-24(31)29(26(23)33)21-11-9-20(10-12-21)27(34)37-2/h3-14,23H,15-16H2,1-2H3. The summed E-state index contributed by atoms with van der Waals surface area (Å²) in [5, 5.41) is 11.0. The fourth-order valence-corrected chi connectivity index (χ4v) is 4.10. The van der Waals surface area contributed by atoms with Crippen LogP contribution in [0.1, 0.15) is 38.3 Å². The molecule has 3 aromatic rings. The number of rotatable bonds is 7. The van der Waals surface area contributed by atoms with Gasteiger partial charge in [-0.1, -0.05) is 29.8 Å². The van der Waals surface area contributed by atoms with Gasteiger partial charge in [0, 0.05) is 24.2 Å². The molecule has 188 valence electrons. The summed E-state index contributed by atoms with van der Waals surface area (Å²) in [6, 6.07) is 17.2. The van der Waals surface area contributed by atoms with Gasteiger partial charge in [0.25, 0.3) is 17.5 Å². The first-order chi connectivity index (χ1) is 17.7. The first-order valence-corrected chi connectivity index (χ1v) is 11.4. The molecule has 1 unspecified atom stereocenters. The molecular formula is C27H23N3O7. The number of methoxy groups -OCH3 is 1. The molecule has 3 aromatic carbocycles. The molecule has 1 atom stereocenters. The van der Waals surface area contributed by atoms with Gasteiger partial charge >= 0.3 is 5.97 Å². The lowest BCUT2D eigenvalue weighted by Gasteiger charge is -2.28. The second kappa shape index (κ2) is 10.4. The molecule has 1 aliphatic heterocycles. The first kappa shape index (κ1) is 25.2. The number of carbonyl (C=O) groups is 4. The molecule has 0 aromatic heterocycles. The molecule has 0 radical (unpaired) electrons. The van der Waals surface area contributed by atoms with Crippen LogP contribution in [0.4, 0.5) is 11.4 Å². The highest BCUT2D eigenvalue weighted by molar-refractivity contribution is 6.23. The first-order valence-electron chi connectivity index (χ1n) is 11.4. The second-order valence-corrected chi connectivity index (χ2v) is 8.55. The Morgan fingerprint density at radius 1 is 0.973 bits per heavy atom. The number of esters is 1. The van der Waals surface area contributed by atoms with Crippen LogP contribution in [0.15, 0.2) is 72.8 Å². The highest BCUT2D eigenvalue weighted by Gasteiger charge is 2.44. The third-order valence-electron chi connectivity index (χ3n) is 6.11. The average Bonchev–Trinajstić information content (AvgIpc) is 3.20. The number of nitro benzene ring substituents is 1. The summed E-state index contributed by atoms with van der Waals surface area (Å²) in [5.41, 5.74) is 2.28. The number of amides is 3. The zero-order chi connectivity index (χ0) is 26.7. The van der Waals surface area contributed by atoms with E-state index < -0.39 is 34.7 Å². The summed E-state index contributed by atoms with van der Waals surface area (Å²) in [5.74, 6) is -2.17. The van der Waals surface area contributed by atoms with Crippen molar-refractivity contribution in [1.82, 2.24) is 4.90 Å². The highest BCUT2D eigenvalue weighted by atomic mass is 16.6. The van der Waals surface area contributed by atoms with E-state index in [1.165, 1.54) is 60.5 Å². The van der Waals surface area contributed by atoms with Crippen molar-refractivity contribution in [2.45, 2.75) is 25.9 Å². The van der Waals surface area contributed by atoms with E-state index >= 15 is 0 Å². The largest absolute Gasteiger partial charge is 0.465 e. The molecule has 0 aliphatic carbocycles. The van der Waals surface area contributed by atoms with Crippen molar-refractivity contribution in [3.8, 4) is 0 Å². The van der Waals surface area contributed by atoms with E-state index in [4.69, 9.17) is 0 Å². The number of hydrogen-bond acceptors (Lipinski definition) is 7. The van der Waals surface area contributed by atoms with Gasteiger partial charge in [0.2, 0.25) is 5.91 Å². The number of carbonyl (C=O) groups excluding carboxylic acids is 4. The van der Waals surface area contributed by atoms with Gasteiger partial charge < -0.3 is 9.64 Å². The van der Waals surface area contributed by atoms with Crippen LogP contribution in [0.2, 0.25) is 0 Å². The Bertz CT molecular complexity index is 1370. The topological polar surface area (TPSA) is 127 Å². The van der Waals surface area contributed by atoms with Crippen molar-refractivity contribution in [3.05, 3.63) is 105 Å². The molecule has 37 heavy (non-hydrogen) atoms. The minimum absolute atomic E-state index is 0.0505. The SMILES string of the molecule is COC(=O)c1ccc(N2C(=O)CC(N(Cc3ccc(C)cc3)C(=O)c3ccc([N+](=O)[O-])cc3)C2=O)cc1. The monoisotopic (exact) mass is 501 g/mol. The van der Waals surface area contributed by atoms with Crippen molar-refractivity contribution in [1.29, 1.82) is 0 Å². The zero-order valence-electron chi connectivity index (χ0n) is 20.1. The molecule has 10 heteroatoms. The Morgan fingerprint density at radius 3 is 2.14 bits per heavy atom. The van der Waals surface area contributed by atoms with E-state index in [1.54, 1.807) is 0 Å². The maximum Gasteiger partial charge on any atom is 0.337 e. The third-order valence-corrected chi connectivity index (χ3v) is 6.11. The van der Waals surface area contributed by atoms with Crippen LogP contribution in [0.25, 0.3) is 0 Å². The van der Waals surface area contributed by atoms with Crippen LogP contribution in [-0.4, -0.2) is 46.7 Å². The summed E-state index contributed by atoms with van der Waals surface area (Å²) in [6.07, 6.45) is -0.234. The van der Waals surface area contributed by atoms with Gasteiger partial charge in [-0.3, -0.25) is 24.5 Å². The quantitative estimate of drug-likeness (QED) is 0.209. The van der Waals surface area contributed by atoms with Crippen LogP contribution in [0, 0.1) is 17.0 Å². The Morgan fingerprint density at radius 2 is 1.57 bits per heavy atom. The fraction of sp³-hybridized carbons (Fsp3) is 0.185. The molecule has 1 saturated heterocycles. The van der Waals surface area contributed by atoms with Gasteiger partial charge in [-0.25, -0.2) is 9.69 Å². The summed E-state index contributed by atoms with van der Waals surface area (Å²) in [6.45, 7) is 1.97. The number of non-ortho nitro benzene ring substituents is 1. The molecule has 4 rings (SSSR count). The van der Waals surface area contributed by atoms with Crippen molar-refractivity contribution < 1.29 is 28.8 Å². The fourth-order valence-electron chi connectivity index (χ4n) is 4.10. The van der Waals surface area contributed by atoms with E-state index in [0.29, 0.717) is 0 Å². The van der Waals surface area contributed by atoms with Gasteiger partial charge in [-0.2, -0.15) is 0 Å². The summed E-state index contributed by atoms with van der Waals surface area (Å²) >= 11 is 0. The zero-order valence-corrected chi connectivity index (χ0v) is 20.1. The third kappa shape index (κ3) is 5.22. The van der Waals surface area contributed by atoms with Crippen LogP contribution in [-0.2, 0) is 20.9 Å². The number of anilines is 1. The summed E-state index contributed by atoms with van der Waals surface area (Å²) < 4.78 is 4.68. The van der Waals surface area contributed by atoms with Crippen molar-refractivity contribution >= 4 is 35.1 Å². The maximum absolute atomic E-state index is 13.6. The molecular weight excluding hydrogens is 478 g/mol. The predicted octanol–water partition coefficient (Wildman–Crippen LogP) is 3.66. The van der Waals surface area contributed by atoms with E-state index in [9.17, 15) is 29.3 Å². The number of ether oxygens (including phenoxy) is 1. The Hall–Kier alpha value is -4.86. The summed E-state index contributed by atoms with van der Waals surface area (Å²) in [7, 11) is 1.25. The molecule has 1 fully saturated rings. The molecule has 1 heterocycles. The summed E-state index contributed by atoms with van der Waals surface area (Å²) in [4.78, 5) is 64.5. The molecule has 0 bridgehead atoms. The Balaban J connectivity index is 1.66. The van der Waals surface area contributed by atoms with Crippen molar-refractivity contribution in [2.75, 3.05) is 12.0 Å². The number of nitro groups is 1. The van der Waals surface area contributed by atoms with Crippen LogP contribution < -0.4 is 4.90 Å². The van der Waals surface area contributed by atoms with Crippen LogP contribution in [0.3, 0.4) is 0 Å². The van der Waals surface area contributed by atoms with Crippen molar-refractivity contribution in [2.24, 2.45) is 0 Å². The minimum atomic E-state index is -1.09. The average molecular weight is 501 g/mol. The number of hydrogen-bond donors (Lipinski definition) is 0. The number of nitrogens with zero attached hydrogens (tertiary/aromatic N) is 3. The molecule has 0 spiro atoms. The van der Waals surface area contributed by atoms with Gasteiger partial charge in [-0.15, -0.1) is 0 Å². The van der Waals surface area contributed by atoms with Crippen LogP contribution >= 0.6 is 0 Å². The second-order valence-electron chi connectivity index (χ2n) is 8.55. The lowest BCUT2D eigenvalue weighted by atomic mass is 10.1. The van der Waals surface area contributed by atoms with Gasteiger partial charge in [-0.05, 0) is 48.9 Å². The number of aryl methyl sites for hydroxylation is 1. The van der Waals surface area contributed by atoms with E-state index in [-0.39, 0.29) is 35.5 Å². The predicted molar refractivity (Wildman–Crippen MR) is 133 cm³/mol. The normalized spacial score (nSPS) is 15.0. The molecule has 1 aliphatic rings. The molecule has 0 N–H and O–H groups in total. The number of benzene rings is 3. The molecule has 10 nitrogen and oxygen atoms in total. The van der Waals surface area contributed by atoms with Crippen LogP contribution in [0.5, 0.6) is 0 Å². The number of imide groups is 1. The van der Waals surface area contributed by atoms with Gasteiger partial charge in [0.05, 0.1) is 29.7 Å². The highest BCUT2D eigenvalue weighted by Crippen LogP contribution is 2.28. The Labute approximate surface area is 212 Å². The lowest BCUT2D eigenvalue weighted by molar-refractivity contribution is -0.384. The van der Waals surface area contributed by atoms with E-state index in [2.05, 4.69) is 4.74 Å². The molecule has 0 saturated carbocycles. The minimum Gasteiger partial charge on any atom is -0.465 e. The van der Waals surface area contributed by atoms with E-state index in [0.717, 1.165) is 16.0 Å². The van der Waals surface area contributed by atoms with Gasteiger partial charge in [0.15, 0.2) is 0 Å². The maximum atomic E-state index is 13.6. The van der Waals surface area contributed by atoms with Gasteiger partial charge in [0.1, 0.15) is 6.04 Å².